The quantitative estimate of drug-likeness (QED) is 0.627. The first-order valence-electron chi connectivity index (χ1n) is 4.65. The molecule has 5 heteroatoms. The number of nitriles is 1. The monoisotopic (exact) mass is 208 g/mol. The minimum atomic E-state index is -4.08. The van der Waals surface area contributed by atoms with Gasteiger partial charge < -0.3 is 0 Å². The van der Waals surface area contributed by atoms with Gasteiger partial charge in [0.25, 0.3) is 0 Å². The Balaban J connectivity index is 3.66. The van der Waals surface area contributed by atoms with Gasteiger partial charge in [-0.15, -0.1) is 0 Å². The van der Waals surface area contributed by atoms with Gasteiger partial charge in [-0.1, -0.05) is 6.92 Å². The molecule has 0 amide bonds. The van der Waals surface area contributed by atoms with Crippen molar-refractivity contribution in [2.45, 2.75) is 32.4 Å². The molecule has 0 radical (unpaired) electrons. The molecule has 0 aliphatic carbocycles. The van der Waals surface area contributed by atoms with Crippen LogP contribution >= 0.6 is 0 Å². The van der Waals surface area contributed by atoms with E-state index in [4.69, 9.17) is 5.26 Å². The molecule has 0 aromatic heterocycles. The van der Waals surface area contributed by atoms with Crippen LogP contribution in [0.5, 0.6) is 0 Å². The number of halogens is 3. The molecule has 0 heterocycles. The van der Waals surface area contributed by atoms with E-state index in [1.165, 1.54) is 0 Å². The van der Waals surface area contributed by atoms with Gasteiger partial charge in [0, 0.05) is 6.42 Å². The molecule has 0 fully saturated rings. The minimum absolute atomic E-state index is 0.0746. The molecule has 82 valence electrons. The number of nitrogens with zero attached hydrogens (tertiary/aromatic N) is 2. The van der Waals surface area contributed by atoms with E-state index in [1.54, 1.807) is 4.90 Å². The summed E-state index contributed by atoms with van der Waals surface area (Å²) in [7, 11) is 0. The van der Waals surface area contributed by atoms with Crippen LogP contribution in [0.4, 0.5) is 13.2 Å². The topological polar surface area (TPSA) is 27.0 Å². The number of rotatable bonds is 6. The van der Waals surface area contributed by atoms with E-state index in [-0.39, 0.29) is 13.0 Å². The van der Waals surface area contributed by atoms with E-state index < -0.39 is 12.6 Å². The van der Waals surface area contributed by atoms with E-state index in [1.807, 2.05) is 13.0 Å². The van der Waals surface area contributed by atoms with Gasteiger partial charge in [-0.05, 0) is 25.9 Å². The van der Waals surface area contributed by atoms with Gasteiger partial charge in [0.05, 0.1) is 12.6 Å². The molecule has 0 bridgehead atoms. The zero-order valence-electron chi connectivity index (χ0n) is 8.27. The number of hydrogen-bond donors (Lipinski definition) is 0. The maximum atomic E-state index is 11.8. The van der Waals surface area contributed by atoms with Crippen molar-refractivity contribution in [1.29, 1.82) is 5.26 Å². The lowest BCUT2D eigenvalue weighted by molar-refractivity contribution is -0.136. The Kier molecular flexibility index (Phi) is 6.30. The lowest BCUT2D eigenvalue weighted by Gasteiger charge is -2.18. The molecule has 2 nitrogen and oxygen atoms in total. The summed E-state index contributed by atoms with van der Waals surface area (Å²) in [5.74, 6) is 0. The molecule has 0 unspecified atom stereocenters. The van der Waals surface area contributed by atoms with Crippen molar-refractivity contribution in [2.24, 2.45) is 0 Å². The summed E-state index contributed by atoms with van der Waals surface area (Å²) < 4.78 is 35.4. The largest absolute Gasteiger partial charge is 0.389 e. The number of alkyl halides is 3. The van der Waals surface area contributed by atoms with E-state index in [0.717, 1.165) is 6.42 Å². The second-order valence-electron chi connectivity index (χ2n) is 3.15. The molecule has 0 atom stereocenters. The fourth-order valence-electron chi connectivity index (χ4n) is 1.19. The standard InChI is InChI=1S/C9H15F3N2/c1-2-6-14(8-5-13)7-3-4-9(10,11)12/h2-4,6-8H2,1H3. The predicted octanol–water partition coefficient (Wildman–Crippen LogP) is 2.56. The van der Waals surface area contributed by atoms with Gasteiger partial charge in [-0.2, -0.15) is 18.4 Å². The normalized spacial score (nSPS) is 11.7. The van der Waals surface area contributed by atoms with Crippen molar-refractivity contribution in [3.8, 4) is 6.07 Å². The fraction of sp³-hybridized carbons (Fsp3) is 0.889. The van der Waals surface area contributed by atoms with Crippen LogP contribution in [0.25, 0.3) is 0 Å². The Hall–Kier alpha value is -0.760. The zero-order valence-corrected chi connectivity index (χ0v) is 8.27. The Bertz CT molecular complexity index is 183. The first-order chi connectivity index (χ1) is 6.49. The predicted molar refractivity (Wildman–Crippen MR) is 47.6 cm³/mol. The van der Waals surface area contributed by atoms with Crippen molar-refractivity contribution in [3.05, 3.63) is 0 Å². The summed E-state index contributed by atoms with van der Waals surface area (Å²) in [6.45, 7) is 3.19. The van der Waals surface area contributed by atoms with Gasteiger partial charge in [0.2, 0.25) is 0 Å². The lowest BCUT2D eigenvalue weighted by Crippen LogP contribution is -2.27. The maximum absolute atomic E-state index is 11.8. The van der Waals surface area contributed by atoms with Crippen LogP contribution in [0.1, 0.15) is 26.2 Å². The third kappa shape index (κ3) is 7.87. The zero-order chi connectivity index (χ0) is 11.0. The van der Waals surface area contributed by atoms with E-state index in [2.05, 4.69) is 0 Å². The molecular formula is C9H15F3N2. The summed E-state index contributed by atoms with van der Waals surface area (Å²) in [6, 6.07) is 1.94. The Morgan fingerprint density at radius 2 is 1.93 bits per heavy atom. The third-order valence-electron chi connectivity index (χ3n) is 1.77. The van der Waals surface area contributed by atoms with Crippen molar-refractivity contribution < 1.29 is 13.2 Å². The Morgan fingerprint density at radius 1 is 1.29 bits per heavy atom. The van der Waals surface area contributed by atoms with Crippen molar-refractivity contribution in [1.82, 2.24) is 4.90 Å². The van der Waals surface area contributed by atoms with Crippen LogP contribution in [0.3, 0.4) is 0 Å². The second-order valence-corrected chi connectivity index (χ2v) is 3.15. The van der Waals surface area contributed by atoms with E-state index in [0.29, 0.717) is 13.1 Å². The molecule has 0 saturated heterocycles. The third-order valence-corrected chi connectivity index (χ3v) is 1.77. The van der Waals surface area contributed by atoms with E-state index in [9.17, 15) is 13.2 Å². The average molecular weight is 208 g/mol. The highest BCUT2D eigenvalue weighted by molar-refractivity contribution is 4.76. The molecule has 0 spiro atoms. The van der Waals surface area contributed by atoms with Crippen LogP contribution in [0, 0.1) is 11.3 Å². The molecule has 0 aromatic rings. The summed E-state index contributed by atoms with van der Waals surface area (Å²) in [5.41, 5.74) is 0. The lowest BCUT2D eigenvalue weighted by atomic mass is 10.2. The summed E-state index contributed by atoms with van der Waals surface area (Å²) in [5, 5.41) is 8.41. The molecule has 0 rings (SSSR count). The second kappa shape index (κ2) is 6.66. The smallest absolute Gasteiger partial charge is 0.291 e. The fourth-order valence-corrected chi connectivity index (χ4v) is 1.19. The first-order valence-corrected chi connectivity index (χ1v) is 4.65. The highest BCUT2D eigenvalue weighted by Gasteiger charge is 2.26. The highest BCUT2D eigenvalue weighted by atomic mass is 19.4. The van der Waals surface area contributed by atoms with Gasteiger partial charge in [0.15, 0.2) is 0 Å². The van der Waals surface area contributed by atoms with Gasteiger partial charge >= 0.3 is 6.18 Å². The molecular weight excluding hydrogens is 193 g/mol. The number of hydrogen-bond acceptors (Lipinski definition) is 2. The summed E-state index contributed by atoms with van der Waals surface area (Å²) in [4.78, 5) is 1.74. The van der Waals surface area contributed by atoms with Crippen LogP contribution in [0.15, 0.2) is 0 Å². The van der Waals surface area contributed by atoms with Crippen LogP contribution in [-0.2, 0) is 0 Å². The van der Waals surface area contributed by atoms with Crippen molar-refractivity contribution in [3.63, 3.8) is 0 Å². The maximum Gasteiger partial charge on any atom is 0.389 e. The highest BCUT2D eigenvalue weighted by Crippen LogP contribution is 2.21. The molecule has 0 aliphatic rings. The molecule has 0 aliphatic heterocycles. The van der Waals surface area contributed by atoms with Crippen LogP contribution in [0.2, 0.25) is 0 Å². The van der Waals surface area contributed by atoms with Crippen LogP contribution in [-0.4, -0.2) is 30.7 Å². The SMILES string of the molecule is CCCN(CC#N)CCCC(F)(F)F. The first kappa shape index (κ1) is 13.2. The Labute approximate surface area is 82.3 Å². The van der Waals surface area contributed by atoms with Crippen molar-refractivity contribution >= 4 is 0 Å². The molecule has 0 aromatic carbocycles. The van der Waals surface area contributed by atoms with Gasteiger partial charge in [0.1, 0.15) is 0 Å². The Morgan fingerprint density at radius 3 is 2.36 bits per heavy atom. The van der Waals surface area contributed by atoms with Crippen LogP contribution < -0.4 is 0 Å². The van der Waals surface area contributed by atoms with Crippen molar-refractivity contribution in [2.75, 3.05) is 19.6 Å². The molecule has 14 heavy (non-hydrogen) atoms. The summed E-state index contributed by atoms with van der Waals surface area (Å²) in [6.07, 6.45) is -3.91. The molecule has 0 saturated carbocycles. The molecule has 0 N–H and O–H groups in total. The van der Waals surface area contributed by atoms with Gasteiger partial charge in [-0.3, -0.25) is 4.90 Å². The van der Waals surface area contributed by atoms with E-state index >= 15 is 0 Å². The van der Waals surface area contributed by atoms with Gasteiger partial charge in [-0.25, -0.2) is 0 Å². The minimum Gasteiger partial charge on any atom is -0.291 e. The average Bonchev–Trinajstić information content (AvgIpc) is 2.02. The summed E-state index contributed by atoms with van der Waals surface area (Å²) >= 11 is 0.